The Hall–Kier alpha value is -0.550. The first-order valence-corrected chi connectivity index (χ1v) is 7.09. The van der Waals surface area contributed by atoms with Crippen LogP contribution in [0.25, 0.3) is 0 Å². The summed E-state index contributed by atoms with van der Waals surface area (Å²) < 4.78 is 14.3. The minimum atomic E-state index is -0.313. The Morgan fingerprint density at radius 2 is 1.89 bits per heavy atom. The Morgan fingerprint density at radius 1 is 1.16 bits per heavy atom. The van der Waals surface area contributed by atoms with Crippen LogP contribution in [0.15, 0.2) is 28.7 Å². The van der Waals surface area contributed by atoms with Crippen molar-refractivity contribution in [3.8, 4) is 0 Å². The van der Waals surface area contributed by atoms with Gasteiger partial charge < -0.3 is 5.32 Å². The molecule has 1 heterocycles. The number of nitrogens with zero attached hydrogens (tertiary/aromatic N) is 1. The molecular formula is C12H7BrCl3FN2. The predicted octanol–water partition coefficient (Wildman–Crippen LogP) is 5.56. The highest BCUT2D eigenvalue weighted by atomic mass is 79.9. The molecule has 0 saturated heterocycles. The fourth-order valence-corrected chi connectivity index (χ4v) is 2.40. The van der Waals surface area contributed by atoms with Crippen LogP contribution in [0.2, 0.25) is 15.2 Å². The van der Waals surface area contributed by atoms with E-state index in [1.807, 2.05) is 0 Å². The lowest BCUT2D eigenvalue weighted by molar-refractivity contribution is 0.612. The number of rotatable bonds is 3. The van der Waals surface area contributed by atoms with Gasteiger partial charge in [0.1, 0.15) is 16.8 Å². The molecule has 2 nitrogen and oxygen atoms in total. The molecule has 0 atom stereocenters. The first kappa shape index (κ1) is 14.9. The van der Waals surface area contributed by atoms with Crippen LogP contribution in [0.5, 0.6) is 0 Å². The quantitative estimate of drug-likeness (QED) is 0.701. The highest BCUT2D eigenvalue weighted by molar-refractivity contribution is 9.10. The fraction of sp³-hybridized carbons (Fsp3) is 0.0833. The normalized spacial score (nSPS) is 10.6. The summed E-state index contributed by atoms with van der Waals surface area (Å²) in [5, 5.41) is 3.65. The number of aromatic nitrogens is 1. The molecule has 0 unspecified atom stereocenters. The monoisotopic (exact) mass is 382 g/mol. The molecule has 0 radical (unpaired) electrons. The van der Waals surface area contributed by atoms with Crippen molar-refractivity contribution in [3.05, 3.63) is 55.3 Å². The first-order valence-electron chi connectivity index (χ1n) is 5.16. The van der Waals surface area contributed by atoms with Gasteiger partial charge in [0, 0.05) is 16.6 Å². The average molecular weight is 384 g/mol. The van der Waals surface area contributed by atoms with E-state index in [0.717, 1.165) is 4.47 Å². The van der Waals surface area contributed by atoms with Gasteiger partial charge in [-0.1, -0.05) is 50.7 Å². The molecule has 7 heteroatoms. The molecular weight excluding hydrogens is 377 g/mol. The van der Waals surface area contributed by atoms with Gasteiger partial charge >= 0.3 is 0 Å². The highest BCUT2D eigenvalue weighted by Gasteiger charge is 2.09. The molecule has 2 rings (SSSR count). The van der Waals surface area contributed by atoms with Gasteiger partial charge in [-0.2, -0.15) is 0 Å². The number of hydrogen-bond donors (Lipinski definition) is 1. The maximum absolute atomic E-state index is 13.6. The van der Waals surface area contributed by atoms with E-state index in [9.17, 15) is 4.39 Å². The van der Waals surface area contributed by atoms with Crippen LogP contribution in [0.1, 0.15) is 5.56 Å². The van der Waals surface area contributed by atoms with Gasteiger partial charge in [-0.15, -0.1) is 0 Å². The van der Waals surface area contributed by atoms with Gasteiger partial charge in [-0.05, 0) is 24.3 Å². The number of hydrogen-bond acceptors (Lipinski definition) is 2. The molecule has 0 bridgehead atoms. The lowest BCUT2D eigenvalue weighted by Gasteiger charge is -2.09. The smallest absolute Gasteiger partial charge is 0.150 e. The lowest BCUT2D eigenvalue weighted by Crippen LogP contribution is -2.04. The van der Waals surface area contributed by atoms with Crippen LogP contribution >= 0.6 is 50.7 Å². The van der Waals surface area contributed by atoms with E-state index in [1.54, 1.807) is 12.1 Å². The molecule has 19 heavy (non-hydrogen) atoms. The summed E-state index contributed by atoms with van der Waals surface area (Å²) in [4.78, 5) is 4.00. The van der Waals surface area contributed by atoms with Crippen molar-refractivity contribution in [1.82, 2.24) is 4.98 Å². The molecule has 100 valence electrons. The topological polar surface area (TPSA) is 24.9 Å². The van der Waals surface area contributed by atoms with Crippen LogP contribution in [-0.2, 0) is 6.54 Å². The van der Waals surface area contributed by atoms with Crippen molar-refractivity contribution in [1.29, 1.82) is 0 Å². The summed E-state index contributed by atoms with van der Waals surface area (Å²) in [6, 6.07) is 6.17. The van der Waals surface area contributed by atoms with Gasteiger partial charge in [-0.25, -0.2) is 9.37 Å². The van der Waals surface area contributed by atoms with Gasteiger partial charge in [0.2, 0.25) is 0 Å². The minimum Gasteiger partial charge on any atom is -0.365 e. The summed E-state index contributed by atoms with van der Waals surface area (Å²) in [5.41, 5.74) is 0.485. The van der Waals surface area contributed by atoms with Crippen molar-refractivity contribution in [2.24, 2.45) is 0 Å². The summed E-state index contributed by atoms with van der Waals surface area (Å²) in [6.45, 7) is 0.232. The second kappa shape index (κ2) is 6.27. The zero-order chi connectivity index (χ0) is 14.0. The number of pyridine rings is 1. The Bertz CT molecular complexity index is 622. The van der Waals surface area contributed by atoms with Crippen molar-refractivity contribution >= 4 is 56.6 Å². The lowest BCUT2D eigenvalue weighted by atomic mass is 10.2. The SMILES string of the molecule is Fc1ccc(Br)cc1CNc1nc(Cl)c(Cl)cc1Cl. The molecule has 0 aliphatic carbocycles. The van der Waals surface area contributed by atoms with Crippen molar-refractivity contribution in [3.63, 3.8) is 0 Å². The third-order valence-corrected chi connectivity index (χ3v) is 3.80. The summed E-state index contributed by atoms with van der Waals surface area (Å²) >= 11 is 20.8. The summed E-state index contributed by atoms with van der Waals surface area (Å²) in [5.74, 6) is 0.0438. The summed E-state index contributed by atoms with van der Waals surface area (Å²) in [7, 11) is 0. The standard InChI is InChI=1S/C12H7BrCl3FN2/c13-7-1-2-10(17)6(3-7)5-18-12-9(15)4-8(14)11(16)19-12/h1-4H,5H2,(H,18,19). The third kappa shape index (κ3) is 3.72. The van der Waals surface area contributed by atoms with Crippen molar-refractivity contribution in [2.45, 2.75) is 6.54 Å². The molecule has 0 spiro atoms. The van der Waals surface area contributed by atoms with Crippen LogP contribution in [0, 0.1) is 5.82 Å². The third-order valence-electron chi connectivity index (χ3n) is 2.34. The Morgan fingerprint density at radius 3 is 2.63 bits per heavy atom. The molecule has 1 N–H and O–H groups in total. The average Bonchev–Trinajstić information content (AvgIpc) is 2.36. The fourth-order valence-electron chi connectivity index (χ4n) is 1.43. The number of nitrogens with one attached hydrogen (secondary N) is 1. The zero-order valence-electron chi connectivity index (χ0n) is 9.35. The Labute approximate surface area is 133 Å². The molecule has 1 aromatic heterocycles. The van der Waals surface area contributed by atoms with Crippen molar-refractivity contribution in [2.75, 3.05) is 5.32 Å². The molecule has 0 aliphatic rings. The van der Waals surface area contributed by atoms with E-state index in [-0.39, 0.29) is 22.5 Å². The van der Waals surface area contributed by atoms with E-state index >= 15 is 0 Å². The largest absolute Gasteiger partial charge is 0.365 e. The maximum Gasteiger partial charge on any atom is 0.150 e. The maximum atomic E-state index is 13.6. The molecule has 1 aromatic carbocycles. The van der Waals surface area contributed by atoms with Gasteiger partial charge in [0.05, 0.1) is 10.0 Å². The van der Waals surface area contributed by atoms with Crippen LogP contribution in [-0.4, -0.2) is 4.98 Å². The van der Waals surface area contributed by atoms with Gasteiger partial charge in [0.25, 0.3) is 0 Å². The van der Waals surface area contributed by atoms with E-state index in [1.165, 1.54) is 12.1 Å². The number of halogens is 5. The molecule has 0 saturated carbocycles. The van der Waals surface area contributed by atoms with Crippen LogP contribution in [0.4, 0.5) is 10.2 Å². The van der Waals surface area contributed by atoms with E-state index in [2.05, 4.69) is 26.2 Å². The molecule has 0 fully saturated rings. The van der Waals surface area contributed by atoms with Crippen LogP contribution in [0.3, 0.4) is 0 Å². The number of anilines is 1. The Kier molecular flexibility index (Phi) is 4.90. The molecule has 0 aliphatic heterocycles. The second-order valence-corrected chi connectivity index (χ2v) is 5.77. The molecule has 0 amide bonds. The zero-order valence-corrected chi connectivity index (χ0v) is 13.2. The van der Waals surface area contributed by atoms with Gasteiger partial charge in [0.15, 0.2) is 0 Å². The van der Waals surface area contributed by atoms with E-state index in [0.29, 0.717) is 16.4 Å². The number of benzene rings is 1. The molecule has 2 aromatic rings. The minimum absolute atomic E-state index is 0.142. The predicted molar refractivity (Wildman–Crippen MR) is 80.7 cm³/mol. The van der Waals surface area contributed by atoms with Gasteiger partial charge in [-0.3, -0.25) is 0 Å². The first-order chi connectivity index (χ1) is 8.97. The van der Waals surface area contributed by atoms with Crippen molar-refractivity contribution < 1.29 is 4.39 Å². The van der Waals surface area contributed by atoms with E-state index in [4.69, 9.17) is 34.8 Å². The van der Waals surface area contributed by atoms with Crippen LogP contribution < -0.4 is 5.32 Å². The highest BCUT2D eigenvalue weighted by Crippen LogP contribution is 2.29. The summed E-state index contributed by atoms with van der Waals surface area (Å²) in [6.07, 6.45) is 0. The Balaban J connectivity index is 2.19. The second-order valence-electron chi connectivity index (χ2n) is 3.68. The van der Waals surface area contributed by atoms with E-state index < -0.39 is 0 Å².